The van der Waals surface area contributed by atoms with Crippen molar-refractivity contribution in [2.75, 3.05) is 13.1 Å². The fourth-order valence-corrected chi connectivity index (χ4v) is 7.88. The molecule has 0 radical (unpaired) electrons. The number of hydrogen-bond donors (Lipinski definition) is 0. The van der Waals surface area contributed by atoms with Gasteiger partial charge in [0.25, 0.3) is 0 Å². The maximum Gasteiger partial charge on any atom is 0.416 e. The first-order chi connectivity index (χ1) is 18.4. The van der Waals surface area contributed by atoms with Crippen LogP contribution in [0.1, 0.15) is 57.7 Å². The number of hydrogen-bond acceptors (Lipinski definition) is 2. The molecule has 0 saturated carbocycles. The molecule has 0 unspecified atom stereocenters. The summed E-state index contributed by atoms with van der Waals surface area (Å²) in [7, 11) is -3.62. The number of aromatic nitrogens is 1. The highest BCUT2D eigenvalue weighted by atomic mass is 32.2. The maximum absolute atomic E-state index is 13.7. The third-order valence-corrected chi connectivity index (χ3v) is 10.4. The first-order valence-corrected chi connectivity index (χ1v) is 14.6. The van der Waals surface area contributed by atoms with E-state index in [0.29, 0.717) is 37.4 Å². The molecule has 1 saturated heterocycles. The van der Waals surface area contributed by atoms with Crippen molar-refractivity contribution in [1.29, 1.82) is 0 Å². The van der Waals surface area contributed by atoms with Crippen molar-refractivity contribution in [1.82, 2.24) is 8.87 Å². The zero-order valence-corrected chi connectivity index (χ0v) is 23.5. The Hall–Kier alpha value is -3.10. The van der Waals surface area contributed by atoms with E-state index in [1.807, 2.05) is 52.0 Å². The van der Waals surface area contributed by atoms with Crippen LogP contribution in [0.2, 0.25) is 0 Å². The van der Waals surface area contributed by atoms with Crippen molar-refractivity contribution in [3.8, 4) is 0 Å². The fourth-order valence-electron chi connectivity index (χ4n) is 5.83. The average Bonchev–Trinajstić information content (AvgIpc) is 3.26. The molecule has 0 amide bonds. The van der Waals surface area contributed by atoms with Crippen molar-refractivity contribution in [2.45, 2.75) is 64.1 Å². The Morgan fingerprint density at radius 3 is 2.05 bits per heavy atom. The highest BCUT2D eigenvalue weighted by Gasteiger charge is 2.34. The molecule has 0 spiro atoms. The molecular weight excluding hydrogens is 521 g/mol. The van der Waals surface area contributed by atoms with Crippen LogP contribution in [0.3, 0.4) is 0 Å². The predicted octanol–water partition coefficient (Wildman–Crippen LogP) is 7.51. The van der Waals surface area contributed by atoms with Crippen LogP contribution in [0.5, 0.6) is 0 Å². The topological polar surface area (TPSA) is 42.3 Å². The molecule has 0 atom stereocenters. The van der Waals surface area contributed by atoms with Crippen LogP contribution in [0.25, 0.3) is 10.9 Å². The average molecular weight is 555 g/mol. The summed E-state index contributed by atoms with van der Waals surface area (Å²) < 4.78 is 70.1. The Balaban J connectivity index is 1.39. The van der Waals surface area contributed by atoms with Gasteiger partial charge in [-0.3, -0.25) is 0 Å². The molecule has 3 aromatic carbocycles. The summed E-state index contributed by atoms with van der Waals surface area (Å²) in [4.78, 5) is 0.437. The molecule has 1 fully saturated rings. The maximum atomic E-state index is 13.7. The summed E-state index contributed by atoms with van der Waals surface area (Å²) in [5, 5.41) is 1.10. The molecule has 4 aromatic rings. The molecule has 0 N–H and O–H groups in total. The van der Waals surface area contributed by atoms with Gasteiger partial charge in [-0.25, -0.2) is 8.42 Å². The largest absolute Gasteiger partial charge is 0.416 e. The highest BCUT2D eigenvalue weighted by molar-refractivity contribution is 7.89. The Bertz CT molecular complexity index is 1600. The summed E-state index contributed by atoms with van der Waals surface area (Å²) in [5.41, 5.74) is 5.89. The van der Waals surface area contributed by atoms with E-state index in [4.69, 9.17) is 0 Å². The number of para-hydroxylation sites is 1. The summed E-state index contributed by atoms with van der Waals surface area (Å²) in [6.45, 7) is 9.01. The van der Waals surface area contributed by atoms with Gasteiger partial charge in [-0.1, -0.05) is 36.4 Å². The zero-order chi connectivity index (χ0) is 28.1. The van der Waals surface area contributed by atoms with E-state index in [1.165, 1.54) is 12.1 Å². The molecule has 39 heavy (non-hydrogen) atoms. The van der Waals surface area contributed by atoms with Gasteiger partial charge in [-0.15, -0.1) is 0 Å². The molecule has 1 aliphatic rings. The van der Waals surface area contributed by atoms with E-state index >= 15 is 0 Å². The Labute approximate surface area is 228 Å². The SMILES string of the molecule is Cc1cc(C)c(C)c(S(=O)(=O)N2CCC(c3cn(Cc4ccc(C(F)(F)F)cc4)c4ccccc34)CC2)c1C. The second kappa shape index (κ2) is 10.1. The van der Waals surface area contributed by atoms with Gasteiger partial charge in [-0.05, 0) is 98.0 Å². The number of piperidine rings is 1. The van der Waals surface area contributed by atoms with E-state index in [1.54, 1.807) is 4.31 Å². The Morgan fingerprint density at radius 1 is 0.872 bits per heavy atom. The second-order valence-electron chi connectivity index (χ2n) is 10.7. The van der Waals surface area contributed by atoms with Gasteiger partial charge in [0, 0.05) is 36.7 Å². The van der Waals surface area contributed by atoms with Gasteiger partial charge < -0.3 is 4.57 Å². The van der Waals surface area contributed by atoms with E-state index in [2.05, 4.69) is 16.8 Å². The summed E-state index contributed by atoms with van der Waals surface area (Å²) >= 11 is 0. The monoisotopic (exact) mass is 554 g/mol. The fraction of sp³-hybridized carbons (Fsp3) is 0.355. The number of benzene rings is 3. The van der Waals surface area contributed by atoms with Gasteiger partial charge in [0.15, 0.2) is 0 Å². The minimum absolute atomic E-state index is 0.191. The number of aryl methyl sites for hydroxylation is 2. The summed E-state index contributed by atoms with van der Waals surface area (Å²) in [6, 6.07) is 15.4. The number of rotatable bonds is 5. The van der Waals surface area contributed by atoms with Crippen LogP contribution in [-0.4, -0.2) is 30.4 Å². The molecule has 5 rings (SSSR count). The molecule has 4 nitrogen and oxygen atoms in total. The van der Waals surface area contributed by atoms with E-state index in [9.17, 15) is 21.6 Å². The van der Waals surface area contributed by atoms with Gasteiger partial charge in [-0.2, -0.15) is 17.5 Å². The number of sulfonamides is 1. The quantitative estimate of drug-likeness (QED) is 0.256. The standard InChI is InChI=1S/C31H33F3N2O2S/c1-20-17-21(2)23(4)30(22(20)3)39(37,38)36-15-13-25(14-16-36)28-19-35(29-8-6-5-7-27(28)29)18-24-9-11-26(12-10-24)31(32,33)34/h5-12,17,19,25H,13-16,18H2,1-4H3. The van der Waals surface area contributed by atoms with E-state index in [-0.39, 0.29) is 5.92 Å². The lowest BCUT2D eigenvalue weighted by atomic mass is 9.90. The lowest BCUT2D eigenvalue weighted by Crippen LogP contribution is -2.38. The molecule has 1 aliphatic heterocycles. The molecule has 0 bridgehead atoms. The molecule has 0 aliphatic carbocycles. The van der Waals surface area contributed by atoms with Crippen molar-refractivity contribution >= 4 is 20.9 Å². The molecule has 206 valence electrons. The number of nitrogens with zero attached hydrogens (tertiary/aromatic N) is 2. The summed E-state index contributed by atoms with van der Waals surface area (Å²) in [6.07, 6.45) is -0.855. The lowest BCUT2D eigenvalue weighted by Gasteiger charge is -2.32. The number of fused-ring (bicyclic) bond motifs is 1. The predicted molar refractivity (Wildman–Crippen MR) is 149 cm³/mol. The Morgan fingerprint density at radius 2 is 1.46 bits per heavy atom. The first-order valence-electron chi connectivity index (χ1n) is 13.2. The van der Waals surface area contributed by atoms with Gasteiger partial charge in [0.2, 0.25) is 10.0 Å². The van der Waals surface area contributed by atoms with Gasteiger partial charge >= 0.3 is 6.18 Å². The van der Waals surface area contributed by atoms with Crippen LogP contribution < -0.4 is 0 Å². The number of halogens is 3. The summed E-state index contributed by atoms with van der Waals surface area (Å²) in [5.74, 6) is 0.191. The third kappa shape index (κ3) is 5.12. The van der Waals surface area contributed by atoms with E-state index in [0.717, 1.165) is 56.4 Å². The van der Waals surface area contributed by atoms with E-state index < -0.39 is 21.8 Å². The minimum Gasteiger partial charge on any atom is -0.343 e. The lowest BCUT2D eigenvalue weighted by molar-refractivity contribution is -0.137. The zero-order valence-electron chi connectivity index (χ0n) is 22.6. The molecule has 2 heterocycles. The van der Waals surface area contributed by atoms with Crippen LogP contribution in [-0.2, 0) is 22.7 Å². The molecule has 1 aromatic heterocycles. The van der Waals surface area contributed by atoms with Crippen LogP contribution in [0.4, 0.5) is 13.2 Å². The van der Waals surface area contributed by atoms with Crippen LogP contribution in [0.15, 0.2) is 65.7 Å². The number of alkyl halides is 3. The molecular formula is C31H33F3N2O2S. The minimum atomic E-state index is -4.36. The van der Waals surface area contributed by atoms with Gasteiger partial charge in [0.05, 0.1) is 10.5 Å². The second-order valence-corrected chi connectivity index (χ2v) is 12.6. The van der Waals surface area contributed by atoms with Crippen LogP contribution in [0, 0.1) is 27.7 Å². The van der Waals surface area contributed by atoms with Crippen molar-refractivity contribution < 1.29 is 21.6 Å². The normalized spacial score (nSPS) is 15.8. The van der Waals surface area contributed by atoms with Crippen LogP contribution >= 0.6 is 0 Å². The van der Waals surface area contributed by atoms with Crippen molar-refractivity contribution in [3.05, 3.63) is 99.7 Å². The van der Waals surface area contributed by atoms with Gasteiger partial charge in [0.1, 0.15) is 0 Å². The third-order valence-electron chi connectivity index (χ3n) is 8.24. The Kier molecular flexibility index (Phi) is 7.14. The van der Waals surface area contributed by atoms with Crippen molar-refractivity contribution in [2.24, 2.45) is 0 Å². The first kappa shape index (κ1) is 27.5. The smallest absolute Gasteiger partial charge is 0.343 e. The highest BCUT2D eigenvalue weighted by Crippen LogP contribution is 2.38. The van der Waals surface area contributed by atoms with Crippen molar-refractivity contribution in [3.63, 3.8) is 0 Å². The molecule has 8 heteroatoms.